The smallest absolute Gasteiger partial charge is 0.139 e. The van der Waals surface area contributed by atoms with E-state index < -0.39 is 6.10 Å². The van der Waals surface area contributed by atoms with Crippen LogP contribution in [0.15, 0.2) is 12.1 Å². The van der Waals surface area contributed by atoms with Crippen LogP contribution in [-0.4, -0.2) is 24.4 Å². The van der Waals surface area contributed by atoms with Crippen LogP contribution in [0, 0.1) is 0 Å². The van der Waals surface area contributed by atoms with Crippen molar-refractivity contribution in [1.82, 2.24) is 0 Å². The van der Waals surface area contributed by atoms with Crippen LogP contribution in [0.3, 0.4) is 0 Å². The Morgan fingerprint density at radius 2 is 1.80 bits per heavy atom. The molecule has 1 aromatic carbocycles. The van der Waals surface area contributed by atoms with Crippen molar-refractivity contribution in [2.75, 3.05) is 13.2 Å². The quantitative estimate of drug-likeness (QED) is 0.826. The van der Waals surface area contributed by atoms with Crippen LogP contribution in [0.25, 0.3) is 0 Å². The van der Waals surface area contributed by atoms with Gasteiger partial charge in [-0.2, -0.15) is 0 Å². The Morgan fingerprint density at radius 3 is 2.40 bits per heavy atom. The van der Waals surface area contributed by atoms with E-state index in [1.165, 1.54) is 12.1 Å². The number of ether oxygens (including phenoxy) is 1. The Kier molecular flexibility index (Phi) is 4.96. The highest BCUT2D eigenvalue weighted by Crippen LogP contribution is 2.33. The molecule has 3 nitrogen and oxygen atoms in total. The summed E-state index contributed by atoms with van der Waals surface area (Å²) < 4.78 is 5.22. The first-order valence-electron chi connectivity index (χ1n) is 4.20. The minimum atomic E-state index is -0.726. The molecule has 1 aromatic rings. The van der Waals surface area contributed by atoms with Gasteiger partial charge in [0.2, 0.25) is 0 Å². The number of hydrogen-bond acceptors (Lipinski definition) is 3. The lowest BCUT2D eigenvalue weighted by Gasteiger charge is -2.12. The van der Waals surface area contributed by atoms with Gasteiger partial charge in [0.15, 0.2) is 0 Å². The first-order chi connectivity index (χ1) is 7.04. The average molecular weight is 271 g/mol. The van der Waals surface area contributed by atoms with Crippen molar-refractivity contribution in [3.05, 3.63) is 27.2 Å². The molecule has 3 N–H and O–H groups in total. The van der Waals surface area contributed by atoms with Crippen LogP contribution >= 0.6 is 34.8 Å². The zero-order valence-electron chi connectivity index (χ0n) is 7.71. The van der Waals surface area contributed by atoms with E-state index in [0.29, 0.717) is 20.8 Å². The molecule has 0 saturated carbocycles. The van der Waals surface area contributed by atoms with E-state index >= 15 is 0 Å². The molecule has 1 rings (SSSR count). The van der Waals surface area contributed by atoms with Gasteiger partial charge in [-0.05, 0) is 6.07 Å². The van der Waals surface area contributed by atoms with E-state index in [9.17, 15) is 5.11 Å². The molecule has 0 radical (unpaired) electrons. The van der Waals surface area contributed by atoms with E-state index in [-0.39, 0.29) is 13.2 Å². The second kappa shape index (κ2) is 5.77. The minimum Gasteiger partial charge on any atom is -0.489 e. The molecule has 1 unspecified atom stereocenters. The van der Waals surface area contributed by atoms with Crippen LogP contribution in [0.1, 0.15) is 0 Å². The molecule has 6 heteroatoms. The van der Waals surface area contributed by atoms with E-state index in [0.717, 1.165) is 0 Å². The standard InChI is InChI=1S/C9H10Cl3NO2/c10-6-1-8(12)9(2-7(6)11)15-4-5(14)3-13/h1-2,5,14H,3-4,13H2. The lowest BCUT2D eigenvalue weighted by molar-refractivity contribution is 0.114. The van der Waals surface area contributed by atoms with Crippen molar-refractivity contribution in [2.45, 2.75) is 6.10 Å². The third-order valence-electron chi connectivity index (χ3n) is 1.68. The normalized spacial score (nSPS) is 12.6. The SMILES string of the molecule is NCC(O)COc1cc(Cl)c(Cl)cc1Cl. The van der Waals surface area contributed by atoms with Crippen molar-refractivity contribution < 1.29 is 9.84 Å². The van der Waals surface area contributed by atoms with Crippen LogP contribution in [0.4, 0.5) is 0 Å². The molecule has 0 aliphatic rings. The zero-order chi connectivity index (χ0) is 11.4. The second-order valence-electron chi connectivity index (χ2n) is 2.90. The van der Waals surface area contributed by atoms with Crippen molar-refractivity contribution >= 4 is 34.8 Å². The highest BCUT2D eigenvalue weighted by molar-refractivity contribution is 6.43. The van der Waals surface area contributed by atoms with Gasteiger partial charge in [0.05, 0.1) is 15.1 Å². The Balaban J connectivity index is 2.73. The van der Waals surface area contributed by atoms with E-state index in [4.69, 9.17) is 45.3 Å². The van der Waals surface area contributed by atoms with E-state index in [2.05, 4.69) is 0 Å². The maximum atomic E-state index is 9.18. The summed E-state index contributed by atoms with van der Waals surface area (Å²) in [6, 6.07) is 2.98. The summed E-state index contributed by atoms with van der Waals surface area (Å²) in [5.41, 5.74) is 5.22. The fourth-order valence-electron chi connectivity index (χ4n) is 0.869. The molecule has 15 heavy (non-hydrogen) atoms. The predicted octanol–water partition coefficient (Wildman–Crippen LogP) is 2.35. The monoisotopic (exact) mass is 269 g/mol. The van der Waals surface area contributed by atoms with Gasteiger partial charge in [0.25, 0.3) is 0 Å². The van der Waals surface area contributed by atoms with Crippen molar-refractivity contribution in [3.63, 3.8) is 0 Å². The van der Waals surface area contributed by atoms with Gasteiger partial charge in [0, 0.05) is 12.6 Å². The molecular weight excluding hydrogens is 260 g/mol. The highest BCUT2D eigenvalue weighted by atomic mass is 35.5. The minimum absolute atomic E-state index is 0.0637. The second-order valence-corrected chi connectivity index (χ2v) is 4.12. The number of aliphatic hydroxyl groups is 1. The lowest BCUT2D eigenvalue weighted by atomic mass is 10.3. The summed E-state index contributed by atoms with van der Waals surface area (Å²) in [5.74, 6) is 0.374. The van der Waals surface area contributed by atoms with Crippen molar-refractivity contribution in [1.29, 1.82) is 0 Å². The predicted molar refractivity (Wildman–Crippen MR) is 62.0 cm³/mol. The summed E-state index contributed by atoms with van der Waals surface area (Å²) in [5, 5.41) is 10.2. The molecule has 0 heterocycles. The van der Waals surface area contributed by atoms with E-state index in [1.54, 1.807) is 0 Å². The summed E-state index contributed by atoms with van der Waals surface area (Å²) in [6.07, 6.45) is -0.726. The number of hydrogen-bond donors (Lipinski definition) is 2. The molecule has 84 valence electrons. The Labute approximate surface area is 103 Å². The maximum Gasteiger partial charge on any atom is 0.139 e. The Hall–Kier alpha value is -0.190. The van der Waals surface area contributed by atoms with Gasteiger partial charge >= 0.3 is 0 Å². The van der Waals surface area contributed by atoms with Gasteiger partial charge < -0.3 is 15.6 Å². The molecule has 1 atom stereocenters. The maximum absolute atomic E-state index is 9.18. The van der Waals surface area contributed by atoms with Gasteiger partial charge in [-0.15, -0.1) is 0 Å². The summed E-state index contributed by atoms with van der Waals surface area (Å²) in [7, 11) is 0. The number of nitrogens with two attached hydrogens (primary N) is 1. The average Bonchev–Trinajstić information content (AvgIpc) is 2.21. The Bertz CT molecular complexity index is 346. The molecule has 0 fully saturated rings. The summed E-state index contributed by atoms with van der Waals surface area (Å²) in [4.78, 5) is 0. The molecule has 0 saturated heterocycles. The summed E-state index contributed by atoms with van der Waals surface area (Å²) in [6.45, 7) is 0.188. The lowest BCUT2D eigenvalue weighted by Crippen LogP contribution is -2.26. The topological polar surface area (TPSA) is 55.5 Å². The summed E-state index contributed by atoms with van der Waals surface area (Å²) >= 11 is 17.4. The first-order valence-corrected chi connectivity index (χ1v) is 5.33. The van der Waals surface area contributed by atoms with Gasteiger partial charge in [0.1, 0.15) is 18.5 Å². The number of benzene rings is 1. The van der Waals surface area contributed by atoms with Crippen LogP contribution in [0.5, 0.6) is 5.75 Å². The zero-order valence-corrected chi connectivity index (χ0v) is 9.98. The largest absolute Gasteiger partial charge is 0.489 e. The fraction of sp³-hybridized carbons (Fsp3) is 0.333. The van der Waals surface area contributed by atoms with Gasteiger partial charge in [-0.1, -0.05) is 34.8 Å². The molecule has 0 aromatic heterocycles. The van der Waals surface area contributed by atoms with Gasteiger partial charge in [-0.25, -0.2) is 0 Å². The third kappa shape index (κ3) is 3.70. The fourth-order valence-corrected chi connectivity index (χ4v) is 1.46. The molecular formula is C9H10Cl3NO2. The number of halogens is 3. The molecule has 0 aliphatic carbocycles. The van der Waals surface area contributed by atoms with E-state index in [1.807, 2.05) is 0 Å². The van der Waals surface area contributed by atoms with Crippen molar-refractivity contribution in [3.8, 4) is 5.75 Å². The molecule has 0 bridgehead atoms. The molecule has 0 aliphatic heterocycles. The third-order valence-corrected chi connectivity index (χ3v) is 2.70. The van der Waals surface area contributed by atoms with Crippen molar-refractivity contribution in [2.24, 2.45) is 5.73 Å². The highest BCUT2D eigenvalue weighted by Gasteiger charge is 2.09. The number of rotatable bonds is 4. The van der Waals surface area contributed by atoms with Crippen LogP contribution < -0.4 is 10.5 Å². The number of aliphatic hydroxyl groups excluding tert-OH is 1. The molecule has 0 amide bonds. The van der Waals surface area contributed by atoms with Gasteiger partial charge in [-0.3, -0.25) is 0 Å². The molecule has 0 spiro atoms. The Morgan fingerprint density at radius 1 is 1.20 bits per heavy atom. The van der Waals surface area contributed by atoms with Crippen LogP contribution in [-0.2, 0) is 0 Å². The first kappa shape index (κ1) is 12.9. The van der Waals surface area contributed by atoms with Crippen LogP contribution in [0.2, 0.25) is 15.1 Å².